The molecule has 1 heterocycles. The summed E-state index contributed by atoms with van der Waals surface area (Å²) < 4.78 is 26.2. The number of rotatable bonds is 5. The van der Waals surface area contributed by atoms with Gasteiger partial charge < -0.3 is 38.7 Å². The predicted molar refractivity (Wildman–Crippen MR) is 99.1 cm³/mol. The standard InChI is InChI=1S/C19H18O9/c1-24-9-6-5-8(7-10(9)25-2)16-19(27-4)13(21)11-12(20)14(22)18(26-3)15(23)17(11)28-16/h5-7,20,22-23H,1-4H3. The first-order valence-electron chi connectivity index (χ1n) is 7.97. The smallest absolute Gasteiger partial charge is 0.239 e. The molecule has 0 aliphatic carbocycles. The van der Waals surface area contributed by atoms with Crippen molar-refractivity contribution in [1.29, 1.82) is 0 Å². The van der Waals surface area contributed by atoms with Crippen molar-refractivity contribution in [2.24, 2.45) is 0 Å². The van der Waals surface area contributed by atoms with E-state index in [2.05, 4.69) is 0 Å². The SMILES string of the molecule is COc1ccc(-c2oc3c(O)c(OC)c(O)c(O)c3c(=O)c2OC)cc1OC. The first kappa shape index (κ1) is 19.0. The van der Waals surface area contributed by atoms with Gasteiger partial charge in [-0.2, -0.15) is 0 Å². The number of phenols is 3. The van der Waals surface area contributed by atoms with E-state index in [1.54, 1.807) is 18.2 Å². The predicted octanol–water partition coefficient (Wildman–Crippen LogP) is 2.61. The van der Waals surface area contributed by atoms with Gasteiger partial charge in [-0.15, -0.1) is 0 Å². The highest BCUT2D eigenvalue weighted by Gasteiger charge is 2.28. The lowest BCUT2D eigenvalue weighted by Crippen LogP contribution is -2.08. The maximum atomic E-state index is 12.9. The largest absolute Gasteiger partial charge is 0.504 e. The normalized spacial score (nSPS) is 10.7. The number of hydrogen-bond acceptors (Lipinski definition) is 9. The molecule has 9 nitrogen and oxygen atoms in total. The van der Waals surface area contributed by atoms with E-state index < -0.39 is 33.8 Å². The lowest BCUT2D eigenvalue weighted by Gasteiger charge is -2.14. The first-order valence-corrected chi connectivity index (χ1v) is 7.97. The Labute approximate surface area is 158 Å². The van der Waals surface area contributed by atoms with Crippen LogP contribution in [0, 0.1) is 0 Å². The molecule has 148 valence electrons. The van der Waals surface area contributed by atoms with Crippen LogP contribution in [0.3, 0.4) is 0 Å². The summed E-state index contributed by atoms with van der Waals surface area (Å²) in [7, 11) is 5.36. The fourth-order valence-corrected chi connectivity index (χ4v) is 2.89. The van der Waals surface area contributed by atoms with E-state index >= 15 is 0 Å². The molecule has 0 aliphatic rings. The highest BCUT2D eigenvalue weighted by atomic mass is 16.5. The molecule has 0 saturated carbocycles. The molecule has 3 aromatic rings. The van der Waals surface area contributed by atoms with Gasteiger partial charge in [-0.1, -0.05) is 0 Å². The van der Waals surface area contributed by atoms with Gasteiger partial charge in [0.1, 0.15) is 5.39 Å². The Morgan fingerprint density at radius 3 is 2.00 bits per heavy atom. The molecule has 0 spiro atoms. The van der Waals surface area contributed by atoms with E-state index in [9.17, 15) is 20.1 Å². The molecule has 0 unspecified atom stereocenters. The van der Waals surface area contributed by atoms with Gasteiger partial charge >= 0.3 is 0 Å². The minimum atomic E-state index is -0.796. The van der Waals surface area contributed by atoms with Crippen molar-refractivity contribution in [3.8, 4) is 51.6 Å². The van der Waals surface area contributed by atoms with Crippen LogP contribution in [-0.2, 0) is 0 Å². The van der Waals surface area contributed by atoms with Crippen molar-refractivity contribution < 1.29 is 38.7 Å². The molecule has 3 rings (SSSR count). The number of aromatic hydroxyl groups is 3. The van der Waals surface area contributed by atoms with Gasteiger partial charge in [-0.25, -0.2) is 0 Å². The van der Waals surface area contributed by atoms with Crippen LogP contribution in [0.4, 0.5) is 0 Å². The van der Waals surface area contributed by atoms with Crippen molar-refractivity contribution in [3.05, 3.63) is 28.4 Å². The van der Waals surface area contributed by atoms with Crippen LogP contribution in [0.5, 0.6) is 40.2 Å². The van der Waals surface area contributed by atoms with Gasteiger partial charge in [0.15, 0.2) is 28.6 Å². The molecular weight excluding hydrogens is 372 g/mol. The molecule has 0 bridgehead atoms. The van der Waals surface area contributed by atoms with Crippen LogP contribution in [0.25, 0.3) is 22.3 Å². The van der Waals surface area contributed by atoms with Crippen LogP contribution in [-0.4, -0.2) is 43.8 Å². The zero-order chi connectivity index (χ0) is 20.6. The molecule has 3 N–H and O–H groups in total. The van der Waals surface area contributed by atoms with Crippen LogP contribution in [0.15, 0.2) is 27.4 Å². The van der Waals surface area contributed by atoms with E-state index in [0.717, 1.165) is 0 Å². The molecule has 28 heavy (non-hydrogen) atoms. The highest BCUT2D eigenvalue weighted by molar-refractivity contribution is 5.96. The third-order valence-corrected chi connectivity index (χ3v) is 4.23. The second-order valence-electron chi connectivity index (χ2n) is 5.65. The van der Waals surface area contributed by atoms with Crippen molar-refractivity contribution in [2.75, 3.05) is 28.4 Å². The minimum absolute atomic E-state index is 0.0246. The van der Waals surface area contributed by atoms with Gasteiger partial charge in [0, 0.05) is 5.56 Å². The van der Waals surface area contributed by atoms with Gasteiger partial charge in [0.25, 0.3) is 0 Å². The number of methoxy groups -OCH3 is 4. The summed E-state index contributed by atoms with van der Waals surface area (Å²) in [5.41, 5.74) is -0.776. The lowest BCUT2D eigenvalue weighted by molar-refractivity contribution is 0.329. The summed E-state index contributed by atoms with van der Waals surface area (Å²) in [6, 6.07) is 4.76. The van der Waals surface area contributed by atoms with E-state index in [1.165, 1.54) is 28.4 Å². The number of ether oxygens (including phenoxy) is 4. The summed E-state index contributed by atoms with van der Waals surface area (Å²) >= 11 is 0. The Morgan fingerprint density at radius 2 is 1.43 bits per heavy atom. The van der Waals surface area contributed by atoms with Crippen molar-refractivity contribution in [2.45, 2.75) is 0 Å². The Bertz CT molecular complexity index is 1120. The molecule has 0 saturated heterocycles. The molecule has 2 aromatic carbocycles. The Hall–Kier alpha value is -3.75. The summed E-state index contributed by atoms with van der Waals surface area (Å²) in [5, 5.41) is 30.1. The van der Waals surface area contributed by atoms with E-state index in [-0.39, 0.29) is 17.1 Å². The van der Waals surface area contributed by atoms with Crippen LogP contribution in [0.1, 0.15) is 0 Å². The van der Waals surface area contributed by atoms with Crippen molar-refractivity contribution in [1.82, 2.24) is 0 Å². The zero-order valence-electron chi connectivity index (χ0n) is 15.5. The molecule has 0 atom stereocenters. The number of hydrogen-bond donors (Lipinski definition) is 3. The Balaban J connectivity index is 2.43. The highest BCUT2D eigenvalue weighted by Crippen LogP contribution is 2.50. The first-order chi connectivity index (χ1) is 13.4. The maximum Gasteiger partial charge on any atom is 0.239 e. The summed E-state index contributed by atoms with van der Waals surface area (Å²) in [6.07, 6.45) is 0. The molecule has 9 heteroatoms. The molecule has 0 radical (unpaired) electrons. The van der Waals surface area contributed by atoms with Gasteiger partial charge in [-0.3, -0.25) is 4.79 Å². The van der Waals surface area contributed by atoms with Crippen molar-refractivity contribution >= 4 is 11.0 Å². The summed E-state index contributed by atoms with van der Waals surface area (Å²) in [5.74, 6) is -2.09. The van der Waals surface area contributed by atoms with E-state index in [4.69, 9.17) is 23.4 Å². The van der Waals surface area contributed by atoms with Crippen LogP contribution < -0.4 is 24.4 Å². The molecule has 1 aromatic heterocycles. The van der Waals surface area contributed by atoms with Gasteiger partial charge in [-0.05, 0) is 18.2 Å². The van der Waals surface area contributed by atoms with Gasteiger partial charge in [0.05, 0.1) is 28.4 Å². The average Bonchev–Trinajstić information content (AvgIpc) is 2.71. The summed E-state index contributed by atoms with van der Waals surface area (Å²) in [4.78, 5) is 12.9. The lowest BCUT2D eigenvalue weighted by atomic mass is 10.1. The Kier molecular flexibility index (Phi) is 4.83. The van der Waals surface area contributed by atoms with Gasteiger partial charge in [0.2, 0.25) is 28.4 Å². The molecule has 0 amide bonds. The summed E-state index contributed by atoms with van der Waals surface area (Å²) in [6.45, 7) is 0. The second-order valence-corrected chi connectivity index (χ2v) is 5.65. The third kappa shape index (κ3) is 2.68. The minimum Gasteiger partial charge on any atom is -0.504 e. The zero-order valence-corrected chi connectivity index (χ0v) is 15.5. The topological polar surface area (TPSA) is 128 Å². The molecule has 0 fully saturated rings. The van der Waals surface area contributed by atoms with E-state index in [1.807, 2.05) is 0 Å². The fourth-order valence-electron chi connectivity index (χ4n) is 2.89. The quantitative estimate of drug-likeness (QED) is 0.445. The van der Waals surface area contributed by atoms with E-state index in [0.29, 0.717) is 17.1 Å². The van der Waals surface area contributed by atoms with Crippen LogP contribution >= 0.6 is 0 Å². The van der Waals surface area contributed by atoms with Crippen LogP contribution in [0.2, 0.25) is 0 Å². The number of benzene rings is 2. The number of phenolic OH excluding ortho intramolecular Hbond substituents is 3. The molecule has 0 aliphatic heterocycles. The average molecular weight is 390 g/mol. The fraction of sp³-hybridized carbons (Fsp3) is 0.211. The van der Waals surface area contributed by atoms with Crippen molar-refractivity contribution in [3.63, 3.8) is 0 Å². The third-order valence-electron chi connectivity index (χ3n) is 4.23. The second kappa shape index (κ2) is 7.10. The maximum absolute atomic E-state index is 12.9. The monoisotopic (exact) mass is 390 g/mol. The Morgan fingerprint density at radius 1 is 0.786 bits per heavy atom. The number of fused-ring (bicyclic) bond motifs is 1. The molecular formula is C19H18O9.